The highest BCUT2D eigenvalue weighted by Crippen LogP contribution is 2.46. The molecule has 15 aromatic rings. The van der Waals surface area contributed by atoms with Gasteiger partial charge >= 0.3 is 0 Å². The first-order valence-corrected chi connectivity index (χ1v) is 25.4. The van der Waals surface area contributed by atoms with Gasteiger partial charge in [0.25, 0.3) is 0 Å². The van der Waals surface area contributed by atoms with Crippen LogP contribution in [0.1, 0.15) is 0 Å². The lowest BCUT2D eigenvalue weighted by Gasteiger charge is -2.17. The van der Waals surface area contributed by atoms with Gasteiger partial charge in [-0.1, -0.05) is 194 Å². The predicted molar refractivity (Wildman–Crippen MR) is 310 cm³/mol. The molecule has 0 unspecified atom stereocenters. The third-order valence-electron chi connectivity index (χ3n) is 14.9. The number of para-hydroxylation sites is 6. The second-order valence-electron chi connectivity index (χ2n) is 19.1. The zero-order valence-electron chi connectivity index (χ0n) is 40.6. The van der Waals surface area contributed by atoms with Gasteiger partial charge in [-0.3, -0.25) is 0 Å². The van der Waals surface area contributed by atoms with E-state index in [0.29, 0.717) is 17.5 Å². The topological polar surface area (TPSA) is 53.5 Å². The molecule has 0 aliphatic heterocycles. The molecule has 4 heterocycles. The van der Waals surface area contributed by atoms with Crippen molar-refractivity contribution in [3.63, 3.8) is 0 Å². The third-order valence-corrected chi connectivity index (χ3v) is 14.9. The van der Waals surface area contributed by atoms with Gasteiger partial charge in [0.2, 0.25) is 0 Å². The predicted octanol–water partition coefficient (Wildman–Crippen LogP) is 17.5. The Hall–Kier alpha value is -10.2. The highest BCUT2D eigenvalue weighted by Gasteiger charge is 2.25. The van der Waals surface area contributed by atoms with Crippen LogP contribution in [-0.2, 0) is 0 Å². The standard InChI is InChI=1S/C69H44N6/c1-5-22-45(23-6-1)47-42-43-56(68-70-67(46-24-7-2-8-25-46)71-69(72-68)57-36-19-35-53-50-30-13-16-37-58(50)74(66(53)57)49-28-11-4-12-29-49)63(44-47)75-60-39-18-15-32-55(60)65-52(34-21-41-62(65)75)51-33-20-40-61-64(51)54-31-14-17-38-59(54)73(61)48-26-9-3-10-27-48/h1-44H. The Morgan fingerprint density at radius 1 is 0.240 bits per heavy atom. The van der Waals surface area contributed by atoms with E-state index >= 15 is 0 Å². The van der Waals surface area contributed by atoms with Crippen LogP contribution in [0.3, 0.4) is 0 Å². The summed E-state index contributed by atoms with van der Waals surface area (Å²) in [4.78, 5) is 16.4. The Morgan fingerprint density at radius 2 is 0.667 bits per heavy atom. The molecule has 6 heteroatoms. The zero-order valence-corrected chi connectivity index (χ0v) is 40.6. The van der Waals surface area contributed by atoms with Gasteiger partial charge in [0.05, 0.1) is 38.8 Å². The van der Waals surface area contributed by atoms with Crippen LogP contribution in [0.25, 0.3) is 139 Å². The van der Waals surface area contributed by atoms with Crippen molar-refractivity contribution >= 4 is 65.4 Å². The summed E-state index contributed by atoms with van der Waals surface area (Å²) in [6.45, 7) is 0. The summed E-state index contributed by atoms with van der Waals surface area (Å²) in [6, 6.07) is 95.2. The summed E-state index contributed by atoms with van der Waals surface area (Å²) in [5.41, 5.74) is 17.1. The Balaban J connectivity index is 1.02. The molecular formula is C69H44N6. The number of benzene rings is 11. The Labute approximate surface area is 432 Å². The third kappa shape index (κ3) is 6.77. The van der Waals surface area contributed by atoms with Gasteiger partial charge < -0.3 is 13.7 Å². The van der Waals surface area contributed by atoms with Crippen molar-refractivity contribution in [2.45, 2.75) is 0 Å². The van der Waals surface area contributed by atoms with E-state index in [1.165, 1.54) is 38.2 Å². The molecule has 11 aromatic carbocycles. The maximum Gasteiger partial charge on any atom is 0.166 e. The molecule has 0 aliphatic carbocycles. The van der Waals surface area contributed by atoms with Crippen molar-refractivity contribution in [2.75, 3.05) is 0 Å². The monoisotopic (exact) mass is 956 g/mol. The molecule has 0 spiro atoms. The lowest BCUT2D eigenvalue weighted by atomic mass is 9.95. The molecule has 15 rings (SSSR count). The molecule has 0 fully saturated rings. The number of nitrogens with zero attached hydrogens (tertiary/aromatic N) is 6. The molecule has 75 heavy (non-hydrogen) atoms. The van der Waals surface area contributed by atoms with Gasteiger partial charge in [-0.15, -0.1) is 0 Å². The highest BCUT2D eigenvalue weighted by molar-refractivity contribution is 6.22. The van der Waals surface area contributed by atoms with Crippen LogP contribution in [0.5, 0.6) is 0 Å². The molecule has 4 aromatic heterocycles. The minimum atomic E-state index is 0.577. The van der Waals surface area contributed by atoms with Crippen LogP contribution in [0, 0.1) is 0 Å². The van der Waals surface area contributed by atoms with Crippen molar-refractivity contribution in [1.29, 1.82) is 0 Å². The molecule has 0 saturated carbocycles. The van der Waals surface area contributed by atoms with Gasteiger partial charge in [-0.2, -0.15) is 0 Å². The number of rotatable bonds is 8. The van der Waals surface area contributed by atoms with Crippen LogP contribution in [0.4, 0.5) is 0 Å². The lowest BCUT2D eigenvalue weighted by Crippen LogP contribution is -2.05. The fourth-order valence-corrected chi connectivity index (χ4v) is 11.7. The second kappa shape index (κ2) is 17.3. The largest absolute Gasteiger partial charge is 0.309 e. The minimum absolute atomic E-state index is 0.577. The van der Waals surface area contributed by atoms with E-state index in [2.05, 4.69) is 262 Å². The first kappa shape index (κ1) is 42.5. The molecule has 0 bridgehead atoms. The number of aromatic nitrogens is 6. The van der Waals surface area contributed by atoms with E-state index in [0.717, 1.165) is 83.2 Å². The van der Waals surface area contributed by atoms with Gasteiger partial charge in [-0.25, -0.2) is 15.0 Å². The molecule has 0 atom stereocenters. The van der Waals surface area contributed by atoms with Crippen LogP contribution in [0.2, 0.25) is 0 Å². The molecule has 350 valence electrons. The van der Waals surface area contributed by atoms with Crippen LogP contribution >= 0.6 is 0 Å². The Morgan fingerprint density at radius 3 is 1.29 bits per heavy atom. The average molecular weight is 957 g/mol. The maximum absolute atomic E-state index is 5.59. The van der Waals surface area contributed by atoms with E-state index in [1.807, 2.05) is 18.2 Å². The minimum Gasteiger partial charge on any atom is -0.309 e. The molecule has 0 radical (unpaired) electrons. The Kier molecular flexibility index (Phi) is 9.78. The zero-order chi connectivity index (χ0) is 49.4. The summed E-state index contributed by atoms with van der Waals surface area (Å²) in [5, 5.41) is 7.06. The smallest absolute Gasteiger partial charge is 0.166 e. The van der Waals surface area contributed by atoms with Gasteiger partial charge in [0.1, 0.15) is 0 Å². The first-order chi connectivity index (χ1) is 37.2. The van der Waals surface area contributed by atoms with Crippen LogP contribution < -0.4 is 0 Å². The van der Waals surface area contributed by atoms with E-state index in [4.69, 9.17) is 15.0 Å². The van der Waals surface area contributed by atoms with E-state index in [9.17, 15) is 0 Å². The maximum atomic E-state index is 5.59. The second-order valence-corrected chi connectivity index (χ2v) is 19.1. The summed E-state index contributed by atoms with van der Waals surface area (Å²) >= 11 is 0. The fourth-order valence-electron chi connectivity index (χ4n) is 11.7. The fraction of sp³-hybridized carbons (Fsp3) is 0. The van der Waals surface area contributed by atoms with Crippen molar-refractivity contribution in [3.8, 4) is 73.5 Å². The number of hydrogen-bond donors (Lipinski definition) is 0. The van der Waals surface area contributed by atoms with E-state index in [-0.39, 0.29) is 0 Å². The van der Waals surface area contributed by atoms with Crippen molar-refractivity contribution in [3.05, 3.63) is 267 Å². The van der Waals surface area contributed by atoms with Gasteiger partial charge in [0, 0.05) is 60.4 Å². The summed E-state index contributed by atoms with van der Waals surface area (Å²) < 4.78 is 7.18. The summed E-state index contributed by atoms with van der Waals surface area (Å²) in [5.74, 6) is 1.77. The molecule has 0 N–H and O–H groups in total. The summed E-state index contributed by atoms with van der Waals surface area (Å²) in [7, 11) is 0. The molecular weight excluding hydrogens is 913 g/mol. The van der Waals surface area contributed by atoms with Crippen molar-refractivity contribution in [2.24, 2.45) is 0 Å². The quantitative estimate of drug-likeness (QED) is 0.152. The van der Waals surface area contributed by atoms with Gasteiger partial charge in [0.15, 0.2) is 17.5 Å². The SMILES string of the molecule is c1ccc(-c2ccc(-c3nc(-c4ccccc4)nc(-c4cccc5c6ccccc6n(-c6ccccc6)c45)n3)c(-n3c4ccccc4c4c(-c5cccc6c5c5ccccc5n6-c5ccccc5)cccc43)c2)cc1. The first-order valence-electron chi connectivity index (χ1n) is 25.4. The number of hydrogen-bond acceptors (Lipinski definition) is 3. The molecule has 0 saturated heterocycles. The van der Waals surface area contributed by atoms with Crippen molar-refractivity contribution in [1.82, 2.24) is 28.7 Å². The van der Waals surface area contributed by atoms with Crippen LogP contribution in [-0.4, -0.2) is 28.7 Å². The molecule has 6 nitrogen and oxygen atoms in total. The van der Waals surface area contributed by atoms with Gasteiger partial charge in [-0.05, 0) is 95.1 Å². The summed E-state index contributed by atoms with van der Waals surface area (Å²) in [6.07, 6.45) is 0. The normalized spacial score (nSPS) is 11.7. The molecule has 0 amide bonds. The van der Waals surface area contributed by atoms with E-state index < -0.39 is 0 Å². The lowest BCUT2D eigenvalue weighted by molar-refractivity contribution is 1.06. The average Bonchev–Trinajstić information content (AvgIpc) is 4.16. The van der Waals surface area contributed by atoms with Crippen molar-refractivity contribution < 1.29 is 0 Å². The van der Waals surface area contributed by atoms with Crippen LogP contribution in [0.15, 0.2) is 267 Å². The number of fused-ring (bicyclic) bond motifs is 9. The molecule has 0 aliphatic rings. The van der Waals surface area contributed by atoms with E-state index in [1.54, 1.807) is 0 Å². The highest BCUT2D eigenvalue weighted by atomic mass is 15.1. The Bertz CT molecular complexity index is 4690.